The Kier molecular flexibility index (Phi) is 5.84. The quantitative estimate of drug-likeness (QED) is 0.731. The predicted molar refractivity (Wildman–Crippen MR) is 112 cm³/mol. The number of ether oxygens (including phenoxy) is 1. The van der Waals surface area contributed by atoms with Crippen LogP contribution in [0.1, 0.15) is 29.7 Å². The molecule has 2 unspecified atom stereocenters. The maximum Gasteiger partial charge on any atom is 0.185 e. The number of benzene rings is 1. The van der Waals surface area contributed by atoms with E-state index < -0.39 is 0 Å². The Morgan fingerprint density at radius 2 is 2.19 bits per heavy atom. The van der Waals surface area contributed by atoms with Gasteiger partial charge < -0.3 is 20.4 Å². The van der Waals surface area contributed by atoms with Gasteiger partial charge in [0.1, 0.15) is 0 Å². The summed E-state index contributed by atoms with van der Waals surface area (Å²) >= 11 is 1.82. The molecular weight excluding hydrogens is 356 g/mol. The van der Waals surface area contributed by atoms with Crippen LogP contribution in [-0.4, -0.2) is 37.0 Å². The van der Waals surface area contributed by atoms with Crippen LogP contribution in [0.4, 0.5) is 10.8 Å². The molecule has 2 atom stereocenters. The van der Waals surface area contributed by atoms with E-state index in [1.54, 1.807) is 12.3 Å². The predicted octanol–water partition coefficient (Wildman–Crippen LogP) is 4.31. The van der Waals surface area contributed by atoms with Gasteiger partial charge in [0.2, 0.25) is 0 Å². The van der Waals surface area contributed by atoms with Crippen molar-refractivity contribution in [3.05, 3.63) is 53.2 Å². The van der Waals surface area contributed by atoms with Gasteiger partial charge in [0.15, 0.2) is 5.13 Å². The Bertz CT molecular complexity index is 786. The molecule has 0 radical (unpaired) electrons. The van der Waals surface area contributed by atoms with Crippen LogP contribution in [0.25, 0.3) is 0 Å². The number of hydrogen-bond donors (Lipinski definition) is 2. The summed E-state index contributed by atoms with van der Waals surface area (Å²) in [4.78, 5) is 8.46. The lowest BCUT2D eigenvalue weighted by molar-refractivity contribution is -0.0357. The molecule has 2 aliphatic rings. The SMILES string of the molecule is N=C/C=C\Nc1ccc(Cc2cnc(N3CCC4OCCCC4C3)s2)cc1. The molecule has 1 aromatic heterocycles. The summed E-state index contributed by atoms with van der Waals surface area (Å²) in [6.45, 7) is 3.08. The van der Waals surface area contributed by atoms with Crippen LogP contribution < -0.4 is 10.2 Å². The third-order valence-corrected chi connectivity index (χ3v) is 6.36. The van der Waals surface area contributed by atoms with E-state index in [4.69, 9.17) is 15.1 Å². The molecule has 3 heterocycles. The van der Waals surface area contributed by atoms with Crippen LogP contribution in [0, 0.1) is 11.3 Å². The van der Waals surface area contributed by atoms with Crippen molar-refractivity contribution in [3.63, 3.8) is 0 Å². The van der Waals surface area contributed by atoms with Crippen molar-refractivity contribution in [1.29, 1.82) is 5.41 Å². The number of anilines is 2. The number of piperidine rings is 1. The average Bonchev–Trinajstić information content (AvgIpc) is 3.18. The second kappa shape index (κ2) is 8.67. The van der Waals surface area contributed by atoms with Gasteiger partial charge in [-0.05, 0) is 43.0 Å². The molecule has 0 amide bonds. The van der Waals surface area contributed by atoms with Gasteiger partial charge in [-0.3, -0.25) is 0 Å². The Morgan fingerprint density at radius 3 is 3.04 bits per heavy atom. The molecule has 6 heteroatoms. The van der Waals surface area contributed by atoms with Crippen LogP contribution in [0.5, 0.6) is 0 Å². The summed E-state index contributed by atoms with van der Waals surface area (Å²) in [6.07, 6.45) is 11.7. The fourth-order valence-electron chi connectivity index (χ4n) is 3.90. The molecule has 0 bridgehead atoms. The number of nitrogens with zero attached hydrogens (tertiary/aromatic N) is 2. The first kappa shape index (κ1) is 18.2. The van der Waals surface area contributed by atoms with Gasteiger partial charge in [0.05, 0.1) is 6.10 Å². The number of aromatic nitrogens is 1. The molecule has 0 saturated carbocycles. The lowest BCUT2D eigenvalue weighted by Crippen LogP contribution is -2.46. The molecule has 0 spiro atoms. The standard InChI is InChI=1S/C21H26N4OS/c22-9-2-10-23-18-6-4-16(5-7-18)13-19-14-24-21(27-19)25-11-8-20-17(15-25)3-1-12-26-20/h2,4-7,9-10,14,17,20,22-23H,1,3,8,11-13,15H2/b10-2-,22-9?. The maximum absolute atomic E-state index is 6.98. The van der Waals surface area contributed by atoms with Crippen molar-refractivity contribution < 1.29 is 4.74 Å². The molecule has 2 aromatic rings. The van der Waals surface area contributed by atoms with E-state index in [9.17, 15) is 0 Å². The third kappa shape index (κ3) is 4.57. The van der Waals surface area contributed by atoms with E-state index in [1.807, 2.05) is 17.5 Å². The van der Waals surface area contributed by atoms with Crippen molar-refractivity contribution in [3.8, 4) is 0 Å². The molecule has 5 nitrogen and oxygen atoms in total. The lowest BCUT2D eigenvalue weighted by atomic mass is 9.89. The molecule has 4 rings (SSSR count). The Labute approximate surface area is 164 Å². The number of thiazole rings is 1. The molecule has 2 saturated heterocycles. The van der Waals surface area contributed by atoms with Gasteiger partial charge in [-0.2, -0.15) is 0 Å². The molecule has 0 aliphatic carbocycles. The van der Waals surface area contributed by atoms with Crippen LogP contribution >= 0.6 is 11.3 Å². The normalized spacial score (nSPS) is 22.6. The summed E-state index contributed by atoms with van der Waals surface area (Å²) in [5.74, 6) is 0.668. The minimum Gasteiger partial charge on any atom is -0.378 e. The summed E-state index contributed by atoms with van der Waals surface area (Å²) in [5, 5.41) is 11.3. The molecule has 2 fully saturated rings. The first-order valence-electron chi connectivity index (χ1n) is 9.64. The van der Waals surface area contributed by atoms with Gasteiger partial charge in [0.25, 0.3) is 0 Å². The van der Waals surface area contributed by atoms with E-state index >= 15 is 0 Å². The average molecular weight is 383 g/mol. The minimum atomic E-state index is 0.468. The first-order valence-corrected chi connectivity index (χ1v) is 10.5. The minimum absolute atomic E-state index is 0.468. The molecule has 2 aliphatic heterocycles. The Morgan fingerprint density at radius 1 is 1.30 bits per heavy atom. The summed E-state index contributed by atoms with van der Waals surface area (Å²) in [6, 6.07) is 8.43. The highest BCUT2D eigenvalue weighted by molar-refractivity contribution is 7.15. The highest BCUT2D eigenvalue weighted by atomic mass is 32.1. The second-order valence-corrected chi connectivity index (χ2v) is 8.29. The molecule has 1 aromatic carbocycles. The number of rotatable bonds is 6. The Balaban J connectivity index is 1.35. The van der Waals surface area contributed by atoms with Gasteiger partial charge in [0, 0.05) is 61.2 Å². The number of allylic oxidation sites excluding steroid dienone is 1. The Hall–Kier alpha value is -2.18. The fourth-order valence-corrected chi connectivity index (χ4v) is 4.88. The van der Waals surface area contributed by atoms with E-state index in [2.05, 4.69) is 34.5 Å². The monoisotopic (exact) mass is 382 g/mol. The summed E-state index contributed by atoms with van der Waals surface area (Å²) in [5.41, 5.74) is 2.31. The fraction of sp³-hybridized carbons (Fsp3) is 0.429. The van der Waals surface area contributed by atoms with Crippen molar-refractivity contribution in [2.75, 3.05) is 29.9 Å². The van der Waals surface area contributed by atoms with Crippen LogP contribution in [0.2, 0.25) is 0 Å². The van der Waals surface area contributed by atoms with Gasteiger partial charge in [-0.25, -0.2) is 4.98 Å². The molecule has 142 valence electrons. The van der Waals surface area contributed by atoms with Crippen molar-refractivity contribution in [1.82, 2.24) is 4.98 Å². The zero-order valence-corrected chi connectivity index (χ0v) is 16.3. The van der Waals surface area contributed by atoms with Crippen LogP contribution in [0.15, 0.2) is 42.7 Å². The summed E-state index contributed by atoms with van der Waals surface area (Å²) in [7, 11) is 0. The first-order chi connectivity index (χ1) is 13.3. The molecule has 27 heavy (non-hydrogen) atoms. The third-order valence-electron chi connectivity index (χ3n) is 5.30. The highest BCUT2D eigenvalue weighted by Gasteiger charge is 2.32. The number of hydrogen-bond acceptors (Lipinski definition) is 6. The topological polar surface area (TPSA) is 61.2 Å². The lowest BCUT2D eigenvalue weighted by Gasteiger charge is -2.40. The summed E-state index contributed by atoms with van der Waals surface area (Å²) < 4.78 is 5.93. The van der Waals surface area contributed by atoms with E-state index in [1.165, 1.54) is 29.5 Å². The van der Waals surface area contributed by atoms with Crippen molar-refractivity contribution >= 4 is 28.4 Å². The highest BCUT2D eigenvalue weighted by Crippen LogP contribution is 2.33. The van der Waals surface area contributed by atoms with Crippen LogP contribution in [0.3, 0.4) is 0 Å². The zero-order valence-electron chi connectivity index (χ0n) is 15.4. The number of nitrogens with one attached hydrogen (secondary N) is 2. The molecular formula is C21H26N4OS. The number of fused-ring (bicyclic) bond motifs is 1. The van der Waals surface area contributed by atoms with Crippen LogP contribution in [-0.2, 0) is 11.2 Å². The van der Waals surface area contributed by atoms with E-state index in [0.717, 1.165) is 43.4 Å². The second-order valence-electron chi connectivity index (χ2n) is 7.20. The van der Waals surface area contributed by atoms with Gasteiger partial charge in [-0.15, -0.1) is 11.3 Å². The van der Waals surface area contributed by atoms with Gasteiger partial charge >= 0.3 is 0 Å². The molecule has 2 N–H and O–H groups in total. The smallest absolute Gasteiger partial charge is 0.185 e. The van der Waals surface area contributed by atoms with E-state index in [0.29, 0.717) is 12.0 Å². The largest absolute Gasteiger partial charge is 0.378 e. The van der Waals surface area contributed by atoms with E-state index in [-0.39, 0.29) is 0 Å². The maximum atomic E-state index is 6.98. The van der Waals surface area contributed by atoms with Gasteiger partial charge in [-0.1, -0.05) is 12.1 Å². The van der Waals surface area contributed by atoms with Crippen molar-refractivity contribution in [2.45, 2.75) is 31.8 Å². The van der Waals surface area contributed by atoms with Crippen molar-refractivity contribution in [2.24, 2.45) is 5.92 Å². The zero-order chi connectivity index (χ0) is 18.5.